The summed E-state index contributed by atoms with van der Waals surface area (Å²) in [6, 6.07) is 3.56. The van der Waals surface area contributed by atoms with Gasteiger partial charge in [-0.1, -0.05) is 11.6 Å². The highest BCUT2D eigenvalue weighted by Crippen LogP contribution is 2.36. The van der Waals surface area contributed by atoms with Crippen LogP contribution in [-0.4, -0.2) is 47.7 Å². The van der Waals surface area contributed by atoms with Crippen molar-refractivity contribution in [2.75, 3.05) is 27.3 Å². The van der Waals surface area contributed by atoms with Crippen molar-refractivity contribution in [2.45, 2.75) is 18.9 Å². The van der Waals surface area contributed by atoms with Gasteiger partial charge in [0.2, 0.25) is 0 Å². The Labute approximate surface area is 145 Å². The molecule has 6 nitrogen and oxygen atoms in total. The maximum atomic E-state index is 12.9. The van der Waals surface area contributed by atoms with Crippen molar-refractivity contribution < 1.29 is 14.3 Å². The molecule has 1 aliphatic heterocycles. The van der Waals surface area contributed by atoms with E-state index in [0.29, 0.717) is 28.6 Å². The fourth-order valence-corrected chi connectivity index (χ4v) is 3.38. The molecule has 0 N–H and O–H groups in total. The van der Waals surface area contributed by atoms with Gasteiger partial charge < -0.3 is 18.9 Å². The number of aromatic nitrogens is 2. The number of carbonyl (C=O) groups excluding carboxylic acids is 1. The molecule has 128 valence electrons. The molecule has 3 rings (SSSR count). The van der Waals surface area contributed by atoms with E-state index in [4.69, 9.17) is 21.1 Å². The molecule has 2 aromatic rings. The number of amides is 1. The monoisotopic (exact) mass is 349 g/mol. The lowest BCUT2D eigenvalue weighted by molar-refractivity contribution is 0.0679. The van der Waals surface area contributed by atoms with Gasteiger partial charge in [-0.25, -0.2) is 4.98 Å². The number of halogens is 1. The Kier molecular flexibility index (Phi) is 4.94. The normalized spacial score (nSPS) is 17.6. The van der Waals surface area contributed by atoms with Crippen LogP contribution in [0.25, 0.3) is 0 Å². The van der Waals surface area contributed by atoms with Crippen molar-refractivity contribution in [1.82, 2.24) is 14.5 Å². The number of ether oxygens (including phenoxy) is 2. The molecule has 1 aliphatic rings. The third-order valence-corrected chi connectivity index (χ3v) is 4.59. The van der Waals surface area contributed by atoms with Crippen molar-refractivity contribution in [2.24, 2.45) is 0 Å². The number of carbonyl (C=O) groups is 1. The molecule has 0 saturated carbocycles. The fraction of sp³-hybridized carbons (Fsp3) is 0.412. The summed E-state index contributed by atoms with van der Waals surface area (Å²) < 4.78 is 12.6. The van der Waals surface area contributed by atoms with E-state index >= 15 is 0 Å². The van der Waals surface area contributed by atoms with Crippen LogP contribution in [0.3, 0.4) is 0 Å². The Morgan fingerprint density at radius 2 is 2.17 bits per heavy atom. The first-order chi connectivity index (χ1) is 11.6. The van der Waals surface area contributed by atoms with E-state index in [0.717, 1.165) is 19.4 Å². The molecule has 24 heavy (non-hydrogen) atoms. The second kappa shape index (κ2) is 7.13. The van der Waals surface area contributed by atoms with Gasteiger partial charge in [0, 0.05) is 31.0 Å². The van der Waals surface area contributed by atoms with Gasteiger partial charge >= 0.3 is 0 Å². The highest BCUT2D eigenvalue weighted by Gasteiger charge is 2.26. The number of benzene rings is 1. The van der Waals surface area contributed by atoms with Crippen LogP contribution >= 0.6 is 11.6 Å². The van der Waals surface area contributed by atoms with Crippen molar-refractivity contribution in [3.8, 4) is 11.5 Å². The van der Waals surface area contributed by atoms with Crippen molar-refractivity contribution in [3.05, 3.63) is 41.4 Å². The number of nitrogens with zero attached hydrogens (tertiary/aromatic N) is 3. The summed E-state index contributed by atoms with van der Waals surface area (Å²) >= 11 is 6.22. The van der Waals surface area contributed by atoms with Gasteiger partial charge in [-0.15, -0.1) is 0 Å². The minimum absolute atomic E-state index is 0.0531. The summed E-state index contributed by atoms with van der Waals surface area (Å²) in [7, 11) is 3.05. The zero-order valence-corrected chi connectivity index (χ0v) is 14.5. The first kappa shape index (κ1) is 16.6. The molecule has 0 unspecified atom stereocenters. The minimum atomic E-state index is -0.0531. The number of rotatable bonds is 4. The maximum Gasteiger partial charge on any atom is 0.254 e. The molecule has 1 aromatic carbocycles. The third kappa shape index (κ3) is 3.19. The summed E-state index contributed by atoms with van der Waals surface area (Å²) in [6.07, 6.45) is 7.48. The van der Waals surface area contributed by atoms with Crippen LogP contribution in [0.1, 0.15) is 29.2 Å². The zero-order valence-electron chi connectivity index (χ0n) is 13.7. The van der Waals surface area contributed by atoms with Gasteiger partial charge in [-0.2, -0.15) is 0 Å². The van der Waals surface area contributed by atoms with E-state index in [9.17, 15) is 4.79 Å². The van der Waals surface area contributed by atoms with E-state index in [-0.39, 0.29) is 11.9 Å². The number of hydrogen-bond donors (Lipinski definition) is 0. The van der Waals surface area contributed by atoms with Crippen molar-refractivity contribution >= 4 is 17.5 Å². The second-order valence-electron chi connectivity index (χ2n) is 5.75. The van der Waals surface area contributed by atoms with Crippen LogP contribution in [0, 0.1) is 0 Å². The van der Waals surface area contributed by atoms with Gasteiger partial charge in [0.1, 0.15) is 0 Å². The molecular weight excluding hydrogens is 330 g/mol. The molecule has 0 radical (unpaired) electrons. The molecular formula is C17H20ClN3O3. The quantitative estimate of drug-likeness (QED) is 0.851. The van der Waals surface area contributed by atoms with Crippen molar-refractivity contribution in [3.63, 3.8) is 0 Å². The van der Waals surface area contributed by atoms with E-state index in [2.05, 4.69) is 9.55 Å². The van der Waals surface area contributed by atoms with Crippen LogP contribution < -0.4 is 9.47 Å². The lowest BCUT2D eigenvalue weighted by Gasteiger charge is -2.33. The molecule has 1 aromatic heterocycles. The molecule has 1 atom stereocenters. The van der Waals surface area contributed by atoms with E-state index in [1.807, 2.05) is 11.1 Å². The molecule has 1 amide bonds. The second-order valence-corrected chi connectivity index (χ2v) is 6.16. The average molecular weight is 350 g/mol. The van der Waals surface area contributed by atoms with Gasteiger partial charge in [-0.05, 0) is 25.0 Å². The number of hydrogen-bond acceptors (Lipinski definition) is 4. The first-order valence-electron chi connectivity index (χ1n) is 7.82. The predicted molar refractivity (Wildman–Crippen MR) is 91.0 cm³/mol. The Hall–Kier alpha value is -2.21. The Bertz CT molecular complexity index is 718. The summed E-state index contributed by atoms with van der Waals surface area (Å²) in [6.45, 7) is 1.39. The van der Waals surface area contributed by atoms with Gasteiger partial charge in [0.05, 0.1) is 31.6 Å². The van der Waals surface area contributed by atoms with Crippen LogP contribution in [0.5, 0.6) is 11.5 Å². The molecule has 1 saturated heterocycles. The van der Waals surface area contributed by atoms with Crippen LogP contribution in [-0.2, 0) is 0 Å². The highest BCUT2D eigenvalue weighted by atomic mass is 35.5. The molecule has 1 fully saturated rings. The number of methoxy groups -OCH3 is 2. The first-order valence-corrected chi connectivity index (χ1v) is 8.20. The Morgan fingerprint density at radius 1 is 1.33 bits per heavy atom. The molecule has 0 aliphatic carbocycles. The third-order valence-electron chi connectivity index (χ3n) is 4.31. The topological polar surface area (TPSA) is 56.6 Å². The molecule has 0 bridgehead atoms. The fourth-order valence-electron chi connectivity index (χ4n) is 3.09. The molecule has 0 spiro atoms. The van der Waals surface area contributed by atoms with E-state index in [1.54, 1.807) is 24.7 Å². The van der Waals surface area contributed by atoms with Crippen molar-refractivity contribution in [1.29, 1.82) is 0 Å². The summed E-state index contributed by atoms with van der Waals surface area (Å²) in [4.78, 5) is 18.8. The Balaban J connectivity index is 1.82. The zero-order chi connectivity index (χ0) is 17.1. The number of likely N-dealkylation sites (tertiary alicyclic amines) is 1. The predicted octanol–water partition coefficient (Wildman–Crippen LogP) is 3.03. The van der Waals surface area contributed by atoms with Crippen LogP contribution in [0.15, 0.2) is 30.9 Å². The lowest BCUT2D eigenvalue weighted by Crippen LogP contribution is -2.40. The summed E-state index contributed by atoms with van der Waals surface area (Å²) in [5.41, 5.74) is 0.504. The van der Waals surface area contributed by atoms with Gasteiger partial charge in [0.15, 0.2) is 11.5 Å². The highest BCUT2D eigenvalue weighted by molar-refractivity contribution is 6.32. The molecule has 2 heterocycles. The van der Waals surface area contributed by atoms with Crippen LogP contribution in [0.2, 0.25) is 5.02 Å². The lowest BCUT2D eigenvalue weighted by atomic mass is 10.0. The van der Waals surface area contributed by atoms with E-state index in [1.165, 1.54) is 14.2 Å². The smallest absolute Gasteiger partial charge is 0.254 e. The largest absolute Gasteiger partial charge is 0.493 e. The van der Waals surface area contributed by atoms with Gasteiger partial charge in [0.25, 0.3) is 5.91 Å². The maximum absolute atomic E-state index is 12.9. The Morgan fingerprint density at radius 3 is 2.83 bits per heavy atom. The minimum Gasteiger partial charge on any atom is -0.493 e. The van der Waals surface area contributed by atoms with Crippen LogP contribution in [0.4, 0.5) is 0 Å². The number of imidazole rings is 1. The average Bonchev–Trinajstić information content (AvgIpc) is 3.15. The SMILES string of the molecule is COc1cc(C(=O)N2CCC[C@H](n3ccnc3)C2)cc(Cl)c1OC. The number of piperidine rings is 1. The molecule has 7 heteroatoms. The van der Waals surface area contributed by atoms with Gasteiger partial charge in [-0.3, -0.25) is 4.79 Å². The standard InChI is InChI=1S/C17H20ClN3O3/c1-23-15-9-12(8-14(18)16(15)24-2)17(22)20-6-3-4-13(10-20)21-7-5-19-11-21/h5,7-9,11,13H,3-4,6,10H2,1-2H3/t13-/m0/s1. The van der Waals surface area contributed by atoms with E-state index < -0.39 is 0 Å². The summed E-state index contributed by atoms with van der Waals surface area (Å²) in [5, 5.41) is 0.364. The summed E-state index contributed by atoms with van der Waals surface area (Å²) in [5.74, 6) is 0.838.